The highest BCUT2D eigenvalue weighted by Gasteiger charge is 2.20. The molecule has 1 aromatic heterocycles. The van der Waals surface area contributed by atoms with Gasteiger partial charge in [-0.2, -0.15) is 0 Å². The number of anilines is 1. The third-order valence-corrected chi connectivity index (χ3v) is 3.08. The molecule has 0 unspecified atom stereocenters. The summed E-state index contributed by atoms with van der Waals surface area (Å²) in [7, 11) is 0. The Hall–Kier alpha value is -2.24. The molecule has 1 aromatic carbocycles. The Labute approximate surface area is 117 Å². The van der Waals surface area contributed by atoms with Crippen molar-refractivity contribution in [1.82, 2.24) is 10.2 Å². The molecule has 1 aliphatic rings. The lowest BCUT2D eigenvalue weighted by Gasteiger charge is -2.26. The van der Waals surface area contributed by atoms with Crippen molar-refractivity contribution >= 4 is 6.01 Å². The molecule has 0 fully saturated rings. The van der Waals surface area contributed by atoms with Crippen molar-refractivity contribution in [2.75, 3.05) is 18.5 Å². The zero-order valence-corrected chi connectivity index (χ0v) is 11.3. The monoisotopic (exact) mass is 275 g/mol. The van der Waals surface area contributed by atoms with Gasteiger partial charge in [-0.1, -0.05) is 24.2 Å². The number of nitrogens with zero attached hydrogens (tertiary/aromatic N) is 2. The highest BCUT2D eigenvalue weighted by molar-refractivity contribution is 5.40. The number of para-hydroxylation sites is 2. The Morgan fingerprint density at radius 2 is 2.10 bits per heavy atom. The van der Waals surface area contributed by atoms with E-state index in [-0.39, 0.29) is 6.10 Å². The molecule has 6 heteroatoms. The first kappa shape index (κ1) is 12.8. The summed E-state index contributed by atoms with van der Waals surface area (Å²) in [6.07, 6.45) is 1.58. The van der Waals surface area contributed by atoms with Crippen molar-refractivity contribution in [3.63, 3.8) is 0 Å². The van der Waals surface area contributed by atoms with E-state index in [1.807, 2.05) is 31.2 Å². The van der Waals surface area contributed by atoms with Gasteiger partial charge < -0.3 is 19.2 Å². The summed E-state index contributed by atoms with van der Waals surface area (Å²) in [6.45, 7) is 3.23. The maximum Gasteiger partial charge on any atom is 0.315 e. The fourth-order valence-electron chi connectivity index (χ4n) is 2.01. The smallest absolute Gasteiger partial charge is 0.315 e. The van der Waals surface area contributed by atoms with Gasteiger partial charge in [0.1, 0.15) is 12.7 Å². The standard InChI is InChI=1S/C14H17N3O3/c1-2-13-16-17-14(20-13)15-8-7-10-9-18-11-5-3-4-6-12(11)19-10/h3-6,10H,2,7-9H2,1H3,(H,15,17)/t10-/m1/s1. The lowest BCUT2D eigenvalue weighted by molar-refractivity contribution is 0.0873. The van der Waals surface area contributed by atoms with E-state index in [0.29, 0.717) is 25.1 Å². The number of rotatable bonds is 5. The summed E-state index contributed by atoms with van der Waals surface area (Å²) >= 11 is 0. The second kappa shape index (κ2) is 5.81. The Kier molecular flexibility index (Phi) is 3.71. The molecule has 0 amide bonds. The number of hydrogen-bond donors (Lipinski definition) is 1. The van der Waals surface area contributed by atoms with Crippen molar-refractivity contribution in [2.45, 2.75) is 25.9 Å². The van der Waals surface area contributed by atoms with Crippen LogP contribution in [0, 0.1) is 0 Å². The van der Waals surface area contributed by atoms with Gasteiger partial charge in [0.25, 0.3) is 0 Å². The van der Waals surface area contributed by atoms with Gasteiger partial charge in [0.2, 0.25) is 5.89 Å². The Morgan fingerprint density at radius 1 is 1.25 bits per heavy atom. The molecule has 0 radical (unpaired) electrons. The molecule has 0 saturated heterocycles. The molecule has 0 saturated carbocycles. The predicted octanol–water partition coefficient (Wildman–Crippen LogP) is 2.27. The lowest BCUT2D eigenvalue weighted by Crippen LogP contribution is -2.30. The van der Waals surface area contributed by atoms with E-state index in [0.717, 1.165) is 24.3 Å². The molecule has 0 spiro atoms. The fraction of sp³-hybridized carbons (Fsp3) is 0.429. The quantitative estimate of drug-likeness (QED) is 0.902. The minimum absolute atomic E-state index is 0.0333. The molecule has 1 atom stereocenters. The number of fused-ring (bicyclic) bond motifs is 1. The molecule has 20 heavy (non-hydrogen) atoms. The van der Waals surface area contributed by atoms with E-state index in [2.05, 4.69) is 15.5 Å². The maximum atomic E-state index is 5.86. The van der Waals surface area contributed by atoms with Crippen LogP contribution in [0.25, 0.3) is 0 Å². The van der Waals surface area contributed by atoms with Crippen LogP contribution in [0.2, 0.25) is 0 Å². The molecular formula is C14H17N3O3. The maximum absolute atomic E-state index is 5.86. The third-order valence-electron chi connectivity index (χ3n) is 3.08. The number of ether oxygens (including phenoxy) is 2. The highest BCUT2D eigenvalue weighted by atomic mass is 16.6. The van der Waals surface area contributed by atoms with E-state index in [9.17, 15) is 0 Å². The summed E-state index contributed by atoms with van der Waals surface area (Å²) in [4.78, 5) is 0. The normalized spacial score (nSPS) is 16.9. The summed E-state index contributed by atoms with van der Waals surface area (Å²) in [5.74, 6) is 2.25. The van der Waals surface area contributed by atoms with Crippen LogP contribution in [0.15, 0.2) is 28.7 Å². The highest BCUT2D eigenvalue weighted by Crippen LogP contribution is 2.31. The van der Waals surface area contributed by atoms with Crippen LogP contribution in [-0.2, 0) is 6.42 Å². The number of aromatic nitrogens is 2. The molecular weight excluding hydrogens is 258 g/mol. The van der Waals surface area contributed by atoms with Crippen molar-refractivity contribution in [1.29, 1.82) is 0 Å². The Balaban J connectivity index is 1.48. The van der Waals surface area contributed by atoms with E-state index in [1.165, 1.54) is 0 Å². The van der Waals surface area contributed by atoms with Crippen LogP contribution in [0.5, 0.6) is 11.5 Å². The first-order chi connectivity index (χ1) is 9.85. The second-order valence-corrected chi connectivity index (χ2v) is 4.57. The number of aryl methyl sites for hydroxylation is 1. The molecule has 0 aliphatic carbocycles. The van der Waals surface area contributed by atoms with Gasteiger partial charge in [0, 0.05) is 19.4 Å². The van der Waals surface area contributed by atoms with E-state index in [4.69, 9.17) is 13.9 Å². The van der Waals surface area contributed by atoms with Gasteiger partial charge >= 0.3 is 6.01 Å². The van der Waals surface area contributed by atoms with Gasteiger partial charge in [0.05, 0.1) is 0 Å². The SMILES string of the molecule is CCc1nnc(NCC[C@@H]2COc3ccccc3O2)o1. The van der Waals surface area contributed by atoms with E-state index < -0.39 is 0 Å². The summed E-state index contributed by atoms with van der Waals surface area (Å²) < 4.78 is 16.9. The van der Waals surface area contributed by atoms with E-state index >= 15 is 0 Å². The molecule has 2 aromatic rings. The topological polar surface area (TPSA) is 69.4 Å². The first-order valence-corrected chi connectivity index (χ1v) is 6.80. The second-order valence-electron chi connectivity index (χ2n) is 4.57. The van der Waals surface area contributed by atoms with Gasteiger partial charge in [0.15, 0.2) is 11.5 Å². The van der Waals surface area contributed by atoms with E-state index in [1.54, 1.807) is 0 Å². The summed E-state index contributed by atoms with van der Waals surface area (Å²) in [5, 5.41) is 10.9. The largest absolute Gasteiger partial charge is 0.486 e. The number of hydrogen-bond acceptors (Lipinski definition) is 6. The van der Waals surface area contributed by atoms with Gasteiger partial charge in [-0.25, -0.2) is 0 Å². The average Bonchev–Trinajstić information content (AvgIpc) is 2.95. The van der Waals surface area contributed by atoms with Crippen LogP contribution < -0.4 is 14.8 Å². The first-order valence-electron chi connectivity index (χ1n) is 6.80. The molecule has 6 nitrogen and oxygen atoms in total. The van der Waals surface area contributed by atoms with Gasteiger partial charge in [-0.3, -0.25) is 0 Å². The Bertz CT molecular complexity index is 570. The number of benzene rings is 1. The fourth-order valence-corrected chi connectivity index (χ4v) is 2.01. The van der Waals surface area contributed by atoms with Crippen LogP contribution in [0.1, 0.15) is 19.2 Å². The summed E-state index contributed by atoms with van der Waals surface area (Å²) in [6, 6.07) is 8.16. The van der Waals surface area contributed by atoms with Crippen molar-refractivity contribution < 1.29 is 13.9 Å². The lowest BCUT2D eigenvalue weighted by atomic mass is 10.2. The molecule has 1 aliphatic heterocycles. The molecule has 3 rings (SSSR count). The number of nitrogens with one attached hydrogen (secondary N) is 1. The van der Waals surface area contributed by atoms with Crippen molar-refractivity contribution in [3.8, 4) is 11.5 Å². The van der Waals surface area contributed by atoms with Crippen LogP contribution in [-0.4, -0.2) is 29.5 Å². The zero-order valence-electron chi connectivity index (χ0n) is 11.3. The van der Waals surface area contributed by atoms with Gasteiger partial charge in [-0.05, 0) is 12.1 Å². The van der Waals surface area contributed by atoms with Crippen LogP contribution in [0.4, 0.5) is 6.01 Å². The summed E-state index contributed by atoms with van der Waals surface area (Å²) in [5.41, 5.74) is 0. The van der Waals surface area contributed by atoms with Crippen LogP contribution >= 0.6 is 0 Å². The predicted molar refractivity (Wildman–Crippen MR) is 73.1 cm³/mol. The average molecular weight is 275 g/mol. The molecule has 1 N–H and O–H groups in total. The minimum atomic E-state index is 0.0333. The van der Waals surface area contributed by atoms with Crippen LogP contribution in [0.3, 0.4) is 0 Å². The molecule has 0 bridgehead atoms. The van der Waals surface area contributed by atoms with Gasteiger partial charge in [-0.15, -0.1) is 5.10 Å². The van der Waals surface area contributed by atoms with Crippen molar-refractivity contribution in [3.05, 3.63) is 30.2 Å². The molecule has 2 heterocycles. The van der Waals surface area contributed by atoms with Crippen molar-refractivity contribution in [2.24, 2.45) is 0 Å². The Morgan fingerprint density at radius 3 is 2.90 bits per heavy atom. The third kappa shape index (κ3) is 2.84. The molecule has 106 valence electrons. The zero-order chi connectivity index (χ0) is 13.8. The minimum Gasteiger partial charge on any atom is -0.486 e.